The van der Waals surface area contributed by atoms with Crippen molar-refractivity contribution < 1.29 is 14.3 Å². The Balaban J connectivity index is 2.04. The van der Waals surface area contributed by atoms with Crippen LogP contribution in [-0.2, 0) is 9.53 Å². The van der Waals surface area contributed by atoms with Crippen LogP contribution in [0.3, 0.4) is 0 Å². The lowest BCUT2D eigenvalue weighted by Crippen LogP contribution is -2.30. The van der Waals surface area contributed by atoms with E-state index in [9.17, 15) is 9.59 Å². The van der Waals surface area contributed by atoms with Crippen LogP contribution in [-0.4, -0.2) is 32.1 Å². The number of amides is 1. The molecule has 0 aromatic heterocycles. The van der Waals surface area contributed by atoms with E-state index in [2.05, 4.69) is 10.6 Å². The van der Waals surface area contributed by atoms with Crippen LogP contribution < -0.4 is 10.6 Å². The molecule has 1 aromatic rings. The lowest BCUT2D eigenvalue weighted by molar-refractivity contribution is -0.117. The van der Waals surface area contributed by atoms with Crippen LogP contribution in [0.2, 0.25) is 5.02 Å². The van der Waals surface area contributed by atoms with Crippen LogP contribution in [0, 0.1) is 5.92 Å². The van der Waals surface area contributed by atoms with Crippen LogP contribution >= 0.6 is 11.6 Å². The summed E-state index contributed by atoms with van der Waals surface area (Å²) >= 11 is 5.88. The topological polar surface area (TPSA) is 67.4 Å². The van der Waals surface area contributed by atoms with E-state index in [1.165, 1.54) is 13.2 Å². The number of methoxy groups -OCH3 is 1. The van der Waals surface area contributed by atoms with E-state index in [1.54, 1.807) is 12.1 Å². The van der Waals surface area contributed by atoms with Crippen molar-refractivity contribution in [3.63, 3.8) is 0 Å². The minimum absolute atomic E-state index is 0.0885. The largest absolute Gasteiger partial charge is 0.465 e. The molecule has 1 aromatic carbocycles. The summed E-state index contributed by atoms with van der Waals surface area (Å²) in [6.45, 7) is 1.90. The fourth-order valence-corrected chi connectivity index (χ4v) is 2.63. The summed E-state index contributed by atoms with van der Waals surface area (Å²) in [5.74, 6) is -0.218. The minimum atomic E-state index is -0.519. The lowest BCUT2D eigenvalue weighted by atomic mass is 9.94. The smallest absolute Gasteiger partial charge is 0.340 e. The van der Waals surface area contributed by atoms with E-state index in [0.717, 1.165) is 25.9 Å². The number of hydrogen-bond acceptors (Lipinski definition) is 4. The van der Waals surface area contributed by atoms with Crippen molar-refractivity contribution >= 4 is 29.2 Å². The molecule has 5 nitrogen and oxygen atoms in total. The lowest BCUT2D eigenvalue weighted by Gasteiger charge is -2.22. The number of carbonyl (C=O) groups is 2. The summed E-state index contributed by atoms with van der Waals surface area (Å²) in [4.78, 5) is 23.8. The number of halogens is 1. The second-order valence-electron chi connectivity index (χ2n) is 5.13. The number of ether oxygens (including phenoxy) is 1. The summed E-state index contributed by atoms with van der Waals surface area (Å²) < 4.78 is 4.71. The van der Waals surface area contributed by atoms with Crippen molar-refractivity contribution in [1.82, 2.24) is 5.32 Å². The summed E-state index contributed by atoms with van der Waals surface area (Å²) in [6.07, 6.45) is 2.46. The molecule has 0 atom stereocenters. The summed E-state index contributed by atoms with van der Waals surface area (Å²) in [5, 5.41) is 6.47. The number of benzene rings is 1. The second-order valence-corrected chi connectivity index (χ2v) is 5.56. The van der Waals surface area contributed by atoms with Gasteiger partial charge in [0.15, 0.2) is 0 Å². The normalized spacial score (nSPS) is 15.5. The van der Waals surface area contributed by atoms with Crippen molar-refractivity contribution in [2.45, 2.75) is 19.3 Å². The third-order valence-corrected chi connectivity index (χ3v) is 3.83. The molecule has 2 N–H and O–H groups in total. The van der Waals surface area contributed by atoms with Crippen LogP contribution in [0.4, 0.5) is 5.69 Å². The molecule has 0 bridgehead atoms. The molecule has 1 aliphatic rings. The number of hydrogen-bond donors (Lipinski definition) is 2. The quantitative estimate of drug-likeness (QED) is 0.838. The number of carbonyl (C=O) groups excluding carboxylic acids is 2. The molecule has 0 aliphatic carbocycles. The van der Waals surface area contributed by atoms with Gasteiger partial charge < -0.3 is 15.4 Å². The first-order valence-corrected chi connectivity index (χ1v) is 7.36. The fourth-order valence-electron chi connectivity index (χ4n) is 2.45. The molecule has 0 unspecified atom stereocenters. The van der Waals surface area contributed by atoms with Gasteiger partial charge in [-0.25, -0.2) is 4.79 Å². The predicted molar refractivity (Wildman–Crippen MR) is 81.6 cm³/mol. The molecule has 1 amide bonds. The molecule has 2 rings (SSSR count). The third kappa shape index (κ3) is 4.44. The van der Waals surface area contributed by atoms with Gasteiger partial charge in [-0.3, -0.25) is 4.79 Å². The number of anilines is 1. The molecule has 0 spiro atoms. The average Bonchev–Trinajstić information content (AvgIpc) is 2.49. The Labute approximate surface area is 129 Å². The van der Waals surface area contributed by atoms with Crippen molar-refractivity contribution in [3.05, 3.63) is 28.8 Å². The zero-order valence-corrected chi connectivity index (χ0v) is 12.7. The van der Waals surface area contributed by atoms with Gasteiger partial charge >= 0.3 is 5.97 Å². The van der Waals surface area contributed by atoms with E-state index in [1.807, 2.05) is 0 Å². The molecular formula is C15H19ClN2O3. The fraction of sp³-hybridized carbons (Fsp3) is 0.467. The molecule has 1 aliphatic heterocycles. The van der Waals surface area contributed by atoms with Gasteiger partial charge in [0.05, 0.1) is 18.4 Å². The molecule has 114 valence electrons. The van der Waals surface area contributed by atoms with E-state index >= 15 is 0 Å². The van der Waals surface area contributed by atoms with Gasteiger partial charge in [-0.05, 0) is 50.0 Å². The van der Waals surface area contributed by atoms with Gasteiger partial charge in [0, 0.05) is 11.4 Å². The highest BCUT2D eigenvalue weighted by atomic mass is 35.5. The van der Waals surface area contributed by atoms with Gasteiger partial charge in [-0.2, -0.15) is 0 Å². The highest BCUT2D eigenvalue weighted by Crippen LogP contribution is 2.23. The number of nitrogens with one attached hydrogen (secondary N) is 2. The SMILES string of the molecule is COC(=O)c1cc(Cl)ccc1NC(=O)CC1CCNCC1. The maximum absolute atomic E-state index is 12.1. The molecule has 21 heavy (non-hydrogen) atoms. The molecule has 1 heterocycles. The van der Waals surface area contributed by atoms with Crippen LogP contribution in [0.5, 0.6) is 0 Å². The zero-order chi connectivity index (χ0) is 15.2. The molecule has 0 radical (unpaired) electrons. The summed E-state index contributed by atoms with van der Waals surface area (Å²) in [7, 11) is 1.30. The van der Waals surface area contributed by atoms with Gasteiger partial charge in [-0.1, -0.05) is 11.6 Å². The van der Waals surface area contributed by atoms with Crippen LogP contribution in [0.15, 0.2) is 18.2 Å². The highest BCUT2D eigenvalue weighted by molar-refractivity contribution is 6.31. The number of esters is 1. The first kappa shape index (κ1) is 15.8. The Hall–Kier alpha value is -1.59. The average molecular weight is 311 g/mol. The Kier molecular flexibility index (Phi) is 5.59. The minimum Gasteiger partial charge on any atom is -0.465 e. The molecular weight excluding hydrogens is 292 g/mol. The number of rotatable bonds is 4. The van der Waals surface area contributed by atoms with Gasteiger partial charge in [-0.15, -0.1) is 0 Å². The van der Waals surface area contributed by atoms with E-state index in [4.69, 9.17) is 16.3 Å². The van der Waals surface area contributed by atoms with E-state index < -0.39 is 5.97 Å². The van der Waals surface area contributed by atoms with E-state index in [-0.39, 0.29) is 11.5 Å². The first-order chi connectivity index (χ1) is 10.1. The van der Waals surface area contributed by atoms with Crippen molar-refractivity contribution in [3.8, 4) is 0 Å². The van der Waals surface area contributed by atoms with Crippen LogP contribution in [0.25, 0.3) is 0 Å². The maximum atomic E-state index is 12.1. The van der Waals surface area contributed by atoms with E-state index in [0.29, 0.717) is 23.0 Å². The predicted octanol–water partition coefficient (Wildman–Crippen LogP) is 2.45. The molecule has 0 saturated carbocycles. The molecule has 1 saturated heterocycles. The van der Waals surface area contributed by atoms with Gasteiger partial charge in [0.25, 0.3) is 0 Å². The van der Waals surface area contributed by atoms with Gasteiger partial charge in [0.1, 0.15) is 0 Å². The van der Waals surface area contributed by atoms with Gasteiger partial charge in [0.2, 0.25) is 5.91 Å². The van der Waals surface area contributed by atoms with Crippen molar-refractivity contribution in [1.29, 1.82) is 0 Å². The first-order valence-electron chi connectivity index (χ1n) is 6.98. The number of piperidine rings is 1. The summed E-state index contributed by atoms with van der Waals surface area (Å²) in [6, 6.07) is 4.75. The Morgan fingerprint density at radius 3 is 2.76 bits per heavy atom. The molecule has 1 fully saturated rings. The Morgan fingerprint density at radius 2 is 2.10 bits per heavy atom. The van der Waals surface area contributed by atoms with Crippen LogP contribution in [0.1, 0.15) is 29.6 Å². The van der Waals surface area contributed by atoms with Crippen molar-refractivity contribution in [2.24, 2.45) is 5.92 Å². The second kappa shape index (κ2) is 7.43. The Morgan fingerprint density at radius 1 is 1.38 bits per heavy atom. The standard InChI is InChI=1S/C15H19ClN2O3/c1-21-15(20)12-9-11(16)2-3-13(12)18-14(19)8-10-4-6-17-7-5-10/h2-3,9-10,17H,4-8H2,1H3,(H,18,19). The third-order valence-electron chi connectivity index (χ3n) is 3.59. The maximum Gasteiger partial charge on any atom is 0.340 e. The summed E-state index contributed by atoms with van der Waals surface area (Å²) in [5.41, 5.74) is 0.703. The Bertz CT molecular complexity index is 528. The molecule has 6 heteroatoms. The monoisotopic (exact) mass is 310 g/mol. The zero-order valence-electron chi connectivity index (χ0n) is 11.9. The highest BCUT2D eigenvalue weighted by Gasteiger charge is 2.19. The van der Waals surface area contributed by atoms with Crippen molar-refractivity contribution in [2.75, 3.05) is 25.5 Å².